The van der Waals surface area contributed by atoms with E-state index in [4.69, 9.17) is 0 Å². The molecule has 0 radical (unpaired) electrons. The van der Waals surface area contributed by atoms with E-state index in [0.29, 0.717) is 19.0 Å². The summed E-state index contributed by atoms with van der Waals surface area (Å²) in [6, 6.07) is 7.02. The Morgan fingerprint density at radius 2 is 2.05 bits per heavy atom. The van der Waals surface area contributed by atoms with E-state index in [1.807, 2.05) is 26.1 Å². The molecule has 0 saturated carbocycles. The molecule has 0 unspecified atom stereocenters. The molecule has 7 nitrogen and oxygen atoms in total. The van der Waals surface area contributed by atoms with Gasteiger partial charge in [-0.2, -0.15) is 5.10 Å². The highest BCUT2D eigenvalue weighted by Crippen LogP contribution is 2.10. The fourth-order valence-corrected chi connectivity index (χ4v) is 1.76. The number of phenols is 1. The predicted octanol–water partition coefficient (Wildman–Crippen LogP) is 0.776. The highest BCUT2D eigenvalue weighted by Gasteiger charge is 2.02. The Balaban J connectivity index is 1.95. The second kappa shape index (κ2) is 7.28. The number of nitrogens with zero attached hydrogens (tertiary/aromatic N) is 4. The molecular formula is C14H20N6O. The lowest BCUT2D eigenvalue weighted by Crippen LogP contribution is -2.37. The van der Waals surface area contributed by atoms with E-state index in [9.17, 15) is 5.11 Å². The third kappa shape index (κ3) is 4.48. The van der Waals surface area contributed by atoms with Crippen LogP contribution >= 0.6 is 0 Å². The van der Waals surface area contributed by atoms with Crippen LogP contribution in [0.3, 0.4) is 0 Å². The van der Waals surface area contributed by atoms with E-state index in [1.165, 1.54) is 6.33 Å². The van der Waals surface area contributed by atoms with Gasteiger partial charge in [0.15, 0.2) is 5.96 Å². The third-order valence-corrected chi connectivity index (χ3v) is 2.92. The van der Waals surface area contributed by atoms with Crippen LogP contribution in [0.1, 0.15) is 18.3 Å². The molecule has 0 amide bonds. The second-order valence-corrected chi connectivity index (χ2v) is 4.52. The number of hydrogen-bond acceptors (Lipinski definition) is 4. The van der Waals surface area contributed by atoms with Crippen molar-refractivity contribution in [2.24, 2.45) is 12.0 Å². The van der Waals surface area contributed by atoms with E-state index in [-0.39, 0.29) is 5.75 Å². The third-order valence-electron chi connectivity index (χ3n) is 2.92. The maximum Gasteiger partial charge on any atom is 0.191 e. The van der Waals surface area contributed by atoms with Crippen LogP contribution in [-0.2, 0) is 20.1 Å². The number of aryl methyl sites for hydroxylation is 1. The minimum atomic E-state index is 0.259. The van der Waals surface area contributed by atoms with Crippen LogP contribution in [0, 0.1) is 0 Å². The first-order chi connectivity index (χ1) is 10.2. The number of guanidine groups is 1. The van der Waals surface area contributed by atoms with Gasteiger partial charge in [-0.25, -0.2) is 9.98 Å². The topological polar surface area (TPSA) is 87.4 Å². The van der Waals surface area contributed by atoms with Crippen molar-refractivity contribution in [1.82, 2.24) is 25.4 Å². The van der Waals surface area contributed by atoms with Crippen molar-refractivity contribution < 1.29 is 5.11 Å². The second-order valence-electron chi connectivity index (χ2n) is 4.52. The number of benzene rings is 1. The maximum absolute atomic E-state index is 9.26. The van der Waals surface area contributed by atoms with Crippen molar-refractivity contribution in [1.29, 1.82) is 0 Å². The van der Waals surface area contributed by atoms with Gasteiger partial charge < -0.3 is 15.7 Å². The number of phenolic OH excluding ortho intramolecular Hbond substituents is 1. The fraction of sp³-hybridized carbons (Fsp3) is 0.357. The molecule has 21 heavy (non-hydrogen) atoms. The molecule has 0 aliphatic carbocycles. The smallest absolute Gasteiger partial charge is 0.191 e. The van der Waals surface area contributed by atoms with Gasteiger partial charge in [-0.15, -0.1) is 0 Å². The first-order valence-electron chi connectivity index (χ1n) is 6.82. The molecular weight excluding hydrogens is 268 g/mol. The average Bonchev–Trinajstić information content (AvgIpc) is 2.89. The van der Waals surface area contributed by atoms with E-state index >= 15 is 0 Å². The number of rotatable bonds is 5. The van der Waals surface area contributed by atoms with E-state index < -0.39 is 0 Å². The monoisotopic (exact) mass is 288 g/mol. The number of hydrogen-bond donors (Lipinski definition) is 3. The lowest BCUT2D eigenvalue weighted by molar-refractivity contribution is 0.475. The highest BCUT2D eigenvalue weighted by atomic mass is 16.3. The summed E-state index contributed by atoms with van der Waals surface area (Å²) in [5, 5.41) is 19.7. The standard InChI is InChI=1S/C14H20N6O/c1-3-15-14(17-9-13-18-10-19-20(13)2)16-8-11-4-6-12(21)7-5-11/h4-7,10,21H,3,8-9H2,1-2H3,(H2,15,16,17). The normalized spacial score (nSPS) is 11.4. The van der Waals surface area contributed by atoms with Crippen molar-refractivity contribution >= 4 is 5.96 Å². The van der Waals surface area contributed by atoms with Gasteiger partial charge in [0.1, 0.15) is 17.9 Å². The fourth-order valence-electron chi connectivity index (χ4n) is 1.76. The SMILES string of the molecule is CCNC(=NCc1ccc(O)cc1)NCc1ncnn1C. The molecule has 1 aromatic heterocycles. The molecule has 0 atom stereocenters. The zero-order valence-electron chi connectivity index (χ0n) is 12.2. The Labute approximate surface area is 123 Å². The Hall–Kier alpha value is -2.57. The summed E-state index contributed by atoms with van der Waals surface area (Å²) < 4.78 is 1.72. The Morgan fingerprint density at radius 3 is 2.67 bits per heavy atom. The van der Waals surface area contributed by atoms with E-state index in [0.717, 1.165) is 17.9 Å². The van der Waals surface area contributed by atoms with Gasteiger partial charge in [-0.05, 0) is 24.6 Å². The molecule has 3 N–H and O–H groups in total. The highest BCUT2D eigenvalue weighted by molar-refractivity contribution is 5.79. The van der Waals surface area contributed by atoms with Crippen LogP contribution in [-0.4, -0.2) is 32.4 Å². The average molecular weight is 288 g/mol. The van der Waals surface area contributed by atoms with Crippen LogP contribution in [0.2, 0.25) is 0 Å². The van der Waals surface area contributed by atoms with Crippen molar-refractivity contribution in [2.75, 3.05) is 6.54 Å². The van der Waals surface area contributed by atoms with Gasteiger partial charge >= 0.3 is 0 Å². The summed E-state index contributed by atoms with van der Waals surface area (Å²) in [4.78, 5) is 8.65. The van der Waals surface area contributed by atoms with Crippen molar-refractivity contribution in [2.45, 2.75) is 20.0 Å². The number of aliphatic imine (C=N–C) groups is 1. The van der Waals surface area contributed by atoms with Gasteiger partial charge in [0.2, 0.25) is 0 Å². The quantitative estimate of drug-likeness (QED) is 0.559. The minimum absolute atomic E-state index is 0.259. The number of aromatic hydroxyl groups is 1. The number of aromatic nitrogens is 3. The lowest BCUT2D eigenvalue weighted by atomic mass is 10.2. The largest absolute Gasteiger partial charge is 0.508 e. The summed E-state index contributed by atoms with van der Waals surface area (Å²) in [5.41, 5.74) is 1.03. The summed E-state index contributed by atoms with van der Waals surface area (Å²) in [6.07, 6.45) is 1.53. The molecule has 1 heterocycles. The van der Waals surface area contributed by atoms with Crippen LogP contribution in [0.25, 0.3) is 0 Å². The summed E-state index contributed by atoms with van der Waals surface area (Å²) in [5.74, 6) is 1.81. The molecule has 112 valence electrons. The molecule has 1 aromatic carbocycles. The van der Waals surface area contributed by atoms with Gasteiger partial charge in [-0.1, -0.05) is 12.1 Å². The van der Waals surface area contributed by atoms with Crippen molar-refractivity contribution in [3.05, 3.63) is 42.0 Å². The van der Waals surface area contributed by atoms with Crippen molar-refractivity contribution in [3.8, 4) is 5.75 Å². The molecule has 0 spiro atoms. The van der Waals surface area contributed by atoms with Gasteiger partial charge in [0, 0.05) is 13.6 Å². The van der Waals surface area contributed by atoms with Crippen LogP contribution in [0.15, 0.2) is 35.6 Å². The predicted molar refractivity (Wildman–Crippen MR) is 80.8 cm³/mol. The van der Waals surface area contributed by atoms with E-state index in [1.54, 1.807) is 16.8 Å². The Morgan fingerprint density at radius 1 is 1.29 bits per heavy atom. The molecule has 0 aliphatic heterocycles. The molecule has 2 rings (SSSR count). The molecule has 0 saturated heterocycles. The van der Waals surface area contributed by atoms with Gasteiger partial charge in [0.25, 0.3) is 0 Å². The molecule has 2 aromatic rings. The van der Waals surface area contributed by atoms with Crippen LogP contribution in [0.5, 0.6) is 5.75 Å². The Bertz CT molecular complexity index is 590. The summed E-state index contributed by atoms with van der Waals surface area (Å²) >= 11 is 0. The zero-order valence-corrected chi connectivity index (χ0v) is 12.2. The molecule has 0 fully saturated rings. The molecule has 0 bridgehead atoms. The number of nitrogens with one attached hydrogen (secondary N) is 2. The van der Waals surface area contributed by atoms with Crippen LogP contribution in [0.4, 0.5) is 0 Å². The van der Waals surface area contributed by atoms with Gasteiger partial charge in [-0.3, -0.25) is 4.68 Å². The molecule has 7 heteroatoms. The van der Waals surface area contributed by atoms with Crippen molar-refractivity contribution in [3.63, 3.8) is 0 Å². The maximum atomic E-state index is 9.26. The summed E-state index contributed by atoms with van der Waals surface area (Å²) in [7, 11) is 1.85. The zero-order chi connectivity index (χ0) is 15.1. The Kier molecular flexibility index (Phi) is 5.14. The van der Waals surface area contributed by atoms with E-state index in [2.05, 4.69) is 25.7 Å². The molecule has 0 aliphatic rings. The summed E-state index contributed by atoms with van der Waals surface area (Å²) in [6.45, 7) is 3.88. The first kappa shape index (κ1) is 14.8. The lowest BCUT2D eigenvalue weighted by Gasteiger charge is -2.10. The van der Waals surface area contributed by atoms with Crippen LogP contribution < -0.4 is 10.6 Å². The minimum Gasteiger partial charge on any atom is -0.508 e. The first-order valence-corrected chi connectivity index (χ1v) is 6.82. The van der Waals surface area contributed by atoms with Gasteiger partial charge in [0.05, 0.1) is 13.1 Å².